The number of hydrogen-bond donors (Lipinski definition) is 1. The molecule has 152 valence electrons. The van der Waals surface area contributed by atoms with E-state index in [0.29, 0.717) is 17.0 Å². The first-order valence-electron chi connectivity index (χ1n) is 8.91. The number of rotatable bonds is 6. The van der Waals surface area contributed by atoms with Crippen LogP contribution in [0.1, 0.15) is 29.3 Å². The van der Waals surface area contributed by atoms with Gasteiger partial charge in [-0.05, 0) is 66.9 Å². The molecule has 0 fully saturated rings. The molecule has 0 aliphatic heterocycles. The van der Waals surface area contributed by atoms with E-state index in [1.165, 1.54) is 18.4 Å². The van der Waals surface area contributed by atoms with Gasteiger partial charge in [0.2, 0.25) is 5.89 Å². The van der Waals surface area contributed by atoms with Gasteiger partial charge in [-0.1, -0.05) is 12.1 Å². The van der Waals surface area contributed by atoms with Crippen LogP contribution in [-0.4, -0.2) is 16.7 Å². The molecule has 1 aromatic heterocycles. The van der Waals surface area contributed by atoms with Crippen molar-refractivity contribution in [2.45, 2.75) is 26.6 Å². The molecule has 0 atom stereocenters. The molecule has 29 heavy (non-hydrogen) atoms. The van der Waals surface area contributed by atoms with Crippen LogP contribution in [0.15, 0.2) is 59.2 Å². The maximum absolute atomic E-state index is 12.7. The minimum Gasteiger partial charge on any atom is -0.487 e. The quantitative estimate of drug-likeness (QED) is 0.578. The van der Waals surface area contributed by atoms with Gasteiger partial charge in [-0.3, -0.25) is 0 Å². The highest BCUT2D eigenvalue weighted by atomic mass is 19.4. The van der Waals surface area contributed by atoms with E-state index in [1.54, 1.807) is 6.08 Å². The molecule has 1 N–H and O–H groups in total. The standard InChI is InChI=1S/C22H20F3NO3/c1-14-9-17(15(2)7-8-27)11-20(10-14)28-12-19-13-29-21(26-19)16-3-5-18(6-4-16)22(23,24)25/h3-7,9-11,13,27H,8,12H2,1-2H3. The molecule has 1 heterocycles. The summed E-state index contributed by atoms with van der Waals surface area (Å²) in [6.45, 7) is 3.96. The van der Waals surface area contributed by atoms with Crippen molar-refractivity contribution in [1.82, 2.24) is 4.98 Å². The van der Waals surface area contributed by atoms with Crippen molar-refractivity contribution in [2.24, 2.45) is 0 Å². The highest BCUT2D eigenvalue weighted by molar-refractivity contribution is 5.65. The molecule has 3 rings (SSSR count). The zero-order chi connectivity index (χ0) is 21.0. The van der Waals surface area contributed by atoms with Crippen molar-refractivity contribution >= 4 is 5.57 Å². The number of aromatic nitrogens is 1. The van der Waals surface area contributed by atoms with Crippen LogP contribution in [-0.2, 0) is 12.8 Å². The predicted octanol–water partition coefficient (Wildman–Crippen LogP) is 5.64. The summed E-state index contributed by atoms with van der Waals surface area (Å²) in [6, 6.07) is 10.4. The fourth-order valence-electron chi connectivity index (χ4n) is 2.78. The third-order valence-electron chi connectivity index (χ3n) is 4.30. The van der Waals surface area contributed by atoms with Gasteiger partial charge < -0.3 is 14.3 Å². The number of nitrogens with zero attached hydrogens (tertiary/aromatic N) is 1. The highest BCUT2D eigenvalue weighted by Crippen LogP contribution is 2.31. The summed E-state index contributed by atoms with van der Waals surface area (Å²) in [5.74, 6) is 0.869. The van der Waals surface area contributed by atoms with E-state index in [0.717, 1.165) is 28.8 Å². The zero-order valence-corrected chi connectivity index (χ0v) is 16.0. The first kappa shape index (κ1) is 20.7. The van der Waals surface area contributed by atoms with Gasteiger partial charge in [0.1, 0.15) is 24.3 Å². The Morgan fingerprint density at radius 1 is 1.17 bits per heavy atom. The molecule has 0 aliphatic rings. The van der Waals surface area contributed by atoms with Crippen molar-refractivity contribution in [3.8, 4) is 17.2 Å². The third kappa shape index (κ3) is 5.26. The second kappa shape index (κ2) is 8.53. The Bertz CT molecular complexity index is 1000. The summed E-state index contributed by atoms with van der Waals surface area (Å²) < 4.78 is 49.2. The molecule has 7 heteroatoms. The van der Waals surface area contributed by atoms with Gasteiger partial charge in [0.05, 0.1) is 12.2 Å². The smallest absolute Gasteiger partial charge is 0.416 e. The van der Waals surface area contributed by atoms with Crippen LogP contribution < -0.4 is 4.74 Å². The van der Waals surface area contributed by atoms with E-state index in [1.807, 2.05) is 32.0 Å². The monoisotopic (exact) mass is 403 g/mol. The average Bonchev–Trinajstić information content (AvgIpc) is 3.15. The lowest BCUT2D eigenvalue weighted by Crippen LogP contribution is -2.04. The summed E-state index contributed by atoms with van der Waals surface area (Å²) in [5, 5.41) is 9.06. The van der Waals surface area contributed by atoms with Gasteiger partial charge in [-0.2, -0.15) is 13.2 Å². The normalized spacial score (nSPS) is 12.3. The first-order chi connectivity index (χ1) is 13.8. The number of oxazole rings is 1. The Hall–Kier alpha value is -3.06. The Morgan fingerprint density at radius 3 is 2.55 bits per heavy atom. The van der Waals surface area contributed by atoms with Crippen molar-refractivity contribution in [3.63, 3.8) is 0 Å². The number of ether oxygens (including phenoxy) is 1. The molecule has 0 radical (unpaired) electrons. The van der Waals surface area contributed by atoms with Crippen molar-refractivity contribution < 1.29 is 27.4 Å². The van der Waals surface area contributed by atoms with Crippen molar-refractivity contribution in [1.29, 1.82) is 0 Å². The van der Waals surface area contributed by atoms with Gasteiger partial charge in [-0.15, -0.1) is 0 Å². The molecule has 0 saturated heterocycles. The number of allylic oxidation sites excluding steroid dienone is 1. The topological polar surface area (TPSA) is 55.5 Å². The molecular formula is C22H20F3NO3. The molecule has 0 aliphatic carbocycles. The SMILES string of the molecule is CC(=CCO)c1cc(C)cc(OCc2coc(-c3ccc(C(F)(F)F)cc3)n2)c1. The molecule has 0 bridgehead atoms. The fraction of sp³-hybridized carbons (Fsp3) is 0.227. The highest BCUT2D eigenvalue weighted by Gasteiger charge is 2.30. The molecular weight excluding hydrogens is 383 g/mol. The second-order valence-electron chi connectivity index (χ2n) is 6.61. The molecule has 2 aromatic carbocycles. The van der Waals surface area contributed by atoms with E-state index >= 15 is 0 Å². The minimum absolute atomic E-state index is 0.0400. The van der Waals surface area contributed by atoms with Gasteiger partial charge in [-0.25, -0.2) is 4.98 Å². The number of aryl methyl sites for hydroxylation is 1. The van der Waals surface area contributed by atoms with Crippen LogP contribution in [0.3, 0.4) is 0 Å². The number of halogens is 3. The lowest BCUT2D eigenvalue weighted by atomic mass is 10.0. The molecule has 4 nitrogen and oxygen atoms in total. The predicted molar refractivity (Wildman–Crippen MR) is 103 cm³/mol. The average molecular weight is 403 g/mol. The van der Waals surface area contributed by atoms with Crippen LogP contribution >= 0.6 is 0 Å². The second-order valence-corrected chi connectivity index (χ2v) is 6.61. The number of benzene rings is 2. The lowest BCUT2D eigenvalue weighted by Gasteiger charge is -2.09. The van der Waals surface area contributed by atoms with Crippen molar-refractivity contribution in [3.05, 3.63) is 77.2 Å². The van der Waals surface area contributed by atoms with E-state index in [2.05, 4.69) is 4.98 Å². The Labute approximate surface area is 166 Å². The van der Waals surface area contributed by atoms with E-state index < -0.39 is 11.7 Å². The summed E-state index contributed by atoms with van der Waals surface area (Å²) in [7, 11) is 0. The summed E-state index contributed by atoms with van der Waals surface area (Å²) in [6.07, 6.45) is -1.25. The van der Waals surface area contributed by atoms with Crippen molar-refractivity contribution in [2.75, 3.05) is 6.61 Å². The first-order valence-corrected chi connectivity index (χ1v) is 8.91. The number of hydrogen-bond acceptors (Lipinski definition) is 4. The largest absolute Gasteiger partial charge is 0.487 e. The van der Waals surface area contributed by atoms with Gasteiger partial charge >= 0.3 is 6.18 Å². The molecule has 0 spiro atoms. The number of aliphatic hydroxyl groups is 1. The van der Waals surface area contributed by atoms with Crippen LogP contribution in [0.25, 0.3) is 17.0 Å². The van der Waals surface area contributed by atoms with E-state index in [9.17, 15) is 13.2 Å². The summed E-state index contributed by atoms with van der Waals surface area (Å²) in [4.78, 5) is 4.28. The molecule has 0 saturated carbocycles. The minimum atomic E-state index is -4.38. The van der Waals surface area contributed by atoms with Crippen LogP contribution in [0.4, 0.5) is 13.2 Å². The number of alkyl halides is 3. The Morgan fingerprint density at radius 2 is 1.90 bits per heavy atom. The Kier molecular flexibility index (Phi) is 6.08. The van der Waals surface area contributed by atoms with E-state index in [-0.39, 0.29) is 19.1 Å². The maximum atomic E-state index is 12.7. The summed E-state index contributed by atoms with van der Waals surface area (Å²) >= 11 is 0. The molecule has 3 aromatic rings. The van der Waals surface area contributed by atoms with Gasteiger partial charge in [0.15, 0.2) is 0 Å². The molecule has 0 unspecified atom stereocenters. The maximum Gasteiger partial charge on any atom is 0.416 e. The summed E-state index contributed by atoms with van der Waals surface area (Å²) in [5.41, 5.74) is 3.13. The van der Waals surface area contributed by atoms with Crippen LogP contribution in [0.2, 0.25) is 0 Å². The van der Waals surface area contributed by atoms with Gasteiger partial charge in [0, 0.05) is 5.56 Å². The van der Waals surface area contributed by atoms with Crippen LogP contribution in [0, 0.1) is 6.92 Å². The number of aliphatic hydroxyl groups excluding tert-OH is 1. The Balaban J connectivity index is 1.70. The lowest BCUT2D eigenvalue weighted by molar-refractivity contribution is -0.137. The van der Waals surface area contributed by atoms with Crippen LogP contribution in [0.5, 0.6) is 5.75 Å². The van der Waals surface area contributed by atoms with E-state index in [4.69, 9.17) is 14.3 Å². The molecule has 0 amide bonds. The van der Waals surface area contributed by atoms with Gasteiger partial charge in [0.25, 0.3) is 0 Å². The zero-order valence-electron chi connectivity index (χ0n) is 16.0. The fourth-order valence-corrected chi connectivity index (χ4v) is 2.78. The third-order valence-corrected chi connectivity index (χ3v) is 4.30.